The molecule has 1 aliphatic rings. The van der Waals surface area contributed by atoms with Crippen molar-refractivity contribution in [2.75, 3.05) is 23.9 Å². The molecule has 4 rings (SSSR count). The maximum absolute atomic E-state index is 13.0. The number of imide groups is 1. The van der Waals surface area contributed by atoms with Crippen LogP contribution < -0.4 is 19.7 Å². The number of rotatable bonds is 8. The fraction of sp³-hybridized carbons (Fsp3) is 0.111. The van der Waals surface area contributed by atoms with Gasteiger partial charge in [0, 0.05) is 5.69 Å². The third-order valence-corrected chi connectivity index (χ3v) is 5.68. The van der Waals surface area contributed by atoms with Crippen molar-refractivity contribution >= 4 is 46.7 Å². The van der Waals surface area contributed by atoms with Gasteiger partial charge in [0.25, 0.3) is 11.8 Å². The Morgan fingerprint density at radius 1 is 0.838 bits per heavy atom. The summed E-state index contributed by atoms with van der Waals surface area (Å²) >= 11 is 6.19. The topological polar surface area (TPSA) is 111 Å². The zero-order valence-corrected chi connectivity index (χ0v) is 20.6. The predicted molar refractivity (Wildman–Crippen MR) is 136 cm³/mol. The number of nitrogens with zero attached hydrogens (tertiary/aromatic N) is 1. The number of para-hydroxylation sites is 2. The Labute approximate surface area is 217 Å². The summed E-state index contributed by atoms with van der Waals surface area (Å²) < 4.78 is 15.5. The molecule has 1 aliphatic heterocycles. The molecule has 0 saturated carbocycles. The fourth-order valence-electron chi connectivity index (χ4n) is 3.50. The number of methoxy groups -OCH3 is 1. The molecule has 0 aliphatic carbocycles. The molecular formula is C27H21ClN2O7. The van der Waals surface area contributed by atoms with E-state index >= 15 is 0 Å². The number of benzene rings is 3. The third-order valence-electron chi connectivity index (χ3n) is 5.33. The standard InChI is InChI=1S/C27H21ClN2O7/c1-3-36-26(33)16-10-14-19(15-11-16)30-24(31)22(28)23(25(30)32)29-18-12-8-17(9-13-18)27(34)37-21-7-5-4-6-20(21)35-2/h4-15,29H,3H2,1-2H3. The van der Waals surface area contributed by atoms with E-state index in [4.69, 9.17) is 25.8 Å². The van der Waals surface area contributed by atoms with Gasteiger partial charge >= 0.3 is 11.9 Å². The lowest BCUT2D eigenvalue weighted by Gasteiger charge is -2.15. The minimum atomic E-state index is -0.713. The molecule has 0 unspecified atom stereocenters. The number of amides is 2. The van der Waals surface area contributed by atoms with Crippen molar-refractivity contribution in [3.05, 3.63) is 94.7 Å². The summed E-state index contributed by atoms with van der Waals surface area (Å²) in [5.74, 6) is -1.80. The lowest BCUT2D eigenvalue weighted by Crippen LogP contribution is -2.32. The first-order valence-electron chi connectivity index (χ1n) is 11.1. The van der Waals surface area contributed by atoms with E-state index in [9.17, 15) is 19.2 Å². The summed E-state index contributed by atoms with van der Waals surface area (Å²) in [4.78, 5) is 51.0. The number of halogens is 1. The minimum Gasteiger partial charge on any atom is -0.493 e. The van der Waals surface area contributed by atoms with E-state index in [1.807, 2.05) is 0 Å². The number of carbonyl (C=O) groups is 4. The van der Waals surface area contributed by atoms with E-state index in [0.29, 0.717) is 11.4 Å². The molecule has 10 heteroatoms. The SMILES string of the molecule is CCOC(=O)c1ccc(N2C(=O)C(Cl)=C(Nc3ccc(C(=O)Oc4ccccc4OC)cc3)C2=O)cc1. The fourth-order valence-corrected chi connectivity index (χ4v) is 3.72. The lowest BCUT2D eigenvalue weighted by molar-refractivity contribution is -0.120. The van der Waals surface area contributed by atoms with Crippen molar-refractivity contribution in [3.63, 3.8) is 0 Å². The Morgan fingerprint density at radius 2 is 1.43 bits per heavy atom. The van der Waals surface area contributed by atoms with Gasteiger partial charge in [-0.25, -0.2) is 14.5 Å². The zero-order chi connectivity index (χ0) is 26.5. The van der Waals surface area contributed by atoms with E-state index in [1.54, 1.807) is 43.3 Å². The molecule has 3 aromatic carbocycles. The molecule has 0 spiro atoms. The van der Waals surface area contributed by atoms with Crippen LogP contribution in [0.3, 0.4) is 0 Å². The van der Waals surface area contributed by atoms with Crippen molar-refractivity contribution < 1.29 is 33.4 Å². The second-order valence-electron chi connectivity index (χ2n) is 7.64. The van der Waals surface area contributed by atoms with Crippen LogP contribution in [0.5, 0.6) is 11.5 Å². The Bertz CT molecular complexity index is 1400. The molecule has 0 bridgehead atoms. The van der Waals surface area contributed by atoms with Crippen LogP contribution in [0.1, 0.15) is 27.6 Å². The summed E-state index contributed by atoms with van der Waals surface area (Å²) in [6.07, 6.45) is 0. The summed E-state index contributed by atoms with van der Waals surface area (Å²) in [5.41, 5.74) is 1.08. The minimum absolute atomic E-state index is 0.120. The molecule has 0 atom stereocenters. The number of nitrogens with one attached hydrogen (secondary N) is 1. The number of carbonyl (C=O) groups excluding carboxylic acids is 4. The largest absolute Gasteiger partial charge is 0.493 e. The van der Waals surface area contributed by atoms with E-state index in [0.717, 1.165) is 4.90 Å². The van der Waals surface area contributed by atoms with Gasteiger partial charge in [0.15, 0.2) is 11.5 Å². The van der Waals surface area contributed by atoms with Gasteiger partial charge in [0.05, 0.1) is 30.5 Å². The van der Waals surface area contributed by atoms with Crippen molar-refractivity contribution in [1.82, 2.24) is 0 Å². The molecule has 1 N–H and O–H groups in total. The molecule has 9 nitrogen and oxygen atoms in total. The molecule has 0 fully saturated rings. The van der Waals surface area contributed by atoms with Crippen molar-refractivity contribution in [2.24, 2.45) is 0 Å². The maximum atomic E-state index is 13.0. The molecular weight excluding hydrogens is 500 g/mol. The monoisotopic (exact) mass is 520 g/mol. The Balaban J connectivity index is 1.46. The van der Waals surface area contributed by atoms with Crippen molar-refractivity contribution in [2.45, 2.75) is 6.92 Å². The zero-order valence-electron chi connectivity index (χ0n) is 19.8. The Hall–Kier alpha value is -4.63. The van der Waals surface area contributed by atoms with Crippen LogP contribution in [0.15, 0.2) is 83.5 Å². The molecule has 0 aromatic heterocycles. The average molecular weight is 521 g/mol. The number of esters is 2. The molecule has 0 saturated heterocycles. The van der Waals surface area contributed by atoms with E-state index in [-0.39, 0.29) is 39.9 Å². The molecule has 2 amide bonds. The highest BCUT2D eigenvalue weighted by Gasteiger charge is 2.39. The maximum Gasteiger partial charge on any atom is 0.343 e. The lowest BCUT2D eigenvalue weighted by atomic mass is 10.2. The second kappa shape index (κ2) is 11.0. The molecule has 37 heavy (non-hydrogen) atoms. The van der Waals surface area contributed by atoms with Gasteiger partial charge < -0.3 is 19.5 Å². The average Bonchev–Trinajstić information content (AvgIpc) is 3.12. The number of hydrogen-bond acceptors (Lipinski definition) is 8. The highest BCUT2D eigenvalue weighted by molar-refractivity contribution is 6.53. The number of anilines is 2. The highest BCUT2D eigenvalue weighted by atomic mass is 35.5. The van der Waals surface area contributed by atoms with Gasteiger partial charge in [-0.1, -0.05) is 23.7 Å². The van der Waals surface area contributed by atoms with Crippen LogP contribution in [0.25, 0.3) is 0 Å². The van der Waals surface area contributed by atoms with E-state index in [2.05, 4.69) is 5.32 Å². The van der Waals surface area contributed by atoms with Crippen LogP contribution >= 0.6 is 11.6 Å². The molecule has 188 valence electrons. The van der Waals surface area contributed by atoms with Crippen molar-refractivity contribution in [3.8, 4) is 11.5 Å². The van der Waals surface area contributed by atoms with Gasteiger partial charge in [0.1, 0.15) is 10.7 Å². The van der Waals surface area contributed by atoms with Gasteiger partial charge in [0.2, 0.25) is 0 Å². The summed E-state index contributed by atoms with van der Waals surface area (Å²) in [6, 6.07) is 18.7. The quantitative estimate of drug-likeness (QED) is 0.262. The van der Waals surface area contributed by atoms with Gasteiger partial charge in [-0.05, 0) is 67.6 Å². The van der Waals surface area contributed by atoms with E-state index < -0.39 is 23.8 Å². The van der Waals surface area contributed by atoms with Crippen LogP contribution in [-0.2, 0) is 14.3 Å². The van der Waals surface area contributed by atoms with Gasteiger partial charge in [-0.2, -0.15) is 0 Å². The highest BCUT2D eigenvalue weighted by Crippen LogP contribution is 2.31. The smallest absolute Gasteiger partial charge is 0.343 e. The van der Waals surface area contributed by atoms with Crippen LogP contribution in [-0.4, -0.2) is 37.5 Å². The van der Waals surface area contributed by atoms with Crippen LogP contribution in [0.2, 0.25) is 0 Å². The van der Waals surface area contributed by atoms with Crippen molar-refractivity contribution in [1.29, 1.82) is 0 Å². The summed E-state index contributed by atoms with van der Waals surface area (Å²) in [5, 5.41) is 2.55. The first-order valence-corrected chi connectivity index (χ1v) is 11.5. The Kier molecular flexibility index (Phi) is 7.55. The molecule has 0 radical (unpaired) electrons. The van der Waals surface area contributed by atoms with Crippen LogP contribution in [0, 0.1) is 0 Å². The normalized spacial score (nSPS) is 13.0. The van der Waals surface area contributed by atoms with Gasteiger partial charge in [-0.15, -0.1) is 0 Å². The Morgan fingerprint density at radius 3 is 2.05 bits per heavy atom. The first kappa shape index (κ1) is 25.5. The number of hydrogen-bond donors (Lipinski definition) is 1. The molecule has 1 heterocycles. The second-order valence-corrected chi connectivity index (χ2v) is 8.02. The predicted octanol–water partition coefficient (Wildman–Crippen LogP) is 4.53. The summed E-state index contributed by atoms with van der Waals surface area (Å²) in [7, 11) is 1.47. The van der Waals surface area contributed by atoms with Gasteiger partial charge in [-0.3, -0.25) is 9.59 Å². The summed E-state index contributed by atoms with van der Waals surface area (Å²) in [6.45, 7) is 1.92. The van der Waals surface area contributed by atoms with E-state index in [1.165, 1.54) is 43.5 Å². The first-order chi connectivity index (χ1) is 17.8. The number of ether oxygens (including phenoxy) is 3. The third kappa shape index (κ3) is 5.31. The van der Waals surface area contributed by atoms with Crippen LogP contribution in [0.4, 0.5) is 11.4 Å². The molecule has 3 aromatic rings.